The molecule has 1 aliphatic heterocycles. The van der Waals surface area contributed by atoms with Gasteiger partial charge in [0.25, 0.3) is 11.8 Å². The van der Waals surface area contributed by atoms with Gasteiger partial charge in [-0.05, 0) is 79.9 Å². The van der Waals surface area contributed by atoms with Crippen LogP contribution in [-0.2, 0) is 16.2 Å². The normalized spacial score (nSPS) is 14.7. The number of nitrogens with zero attached hydrogens (tertiary/aromatic N) is 1. The Morgan fingerprint density at radius 3 is 2.30 bits per heavy atom. The number of hydrogen-bond donors (Lipinski definition) is 1. The molecule has 0 saturated carbocycles. The van der Waals surface area contributed by atoms with E-state index in [1.807, 2.05) is 26.8 Å². The van der Waals surface area contributed by atoms with E-state index in [9.17, 15) is 14.4 Å². The number of carbonyl (C=O) groups is 3. The van der Waals surface area contributed by atoms with Crippen LogP contribution in [0.4, 0.5) is 10.5 Å². The molecule has 1 aliphatic rings. The fourth-order valence-electron chi connectivity index (χ4n) is 3.93. The number of ether oxygens (including phenoxy) is 2. The van der Waals surface area contributed by atoms with Gasteiger partial charge in [0, 0.05) is 15.6 Å². The van der Waals surface area contributed by atoms with Crippen molar-refractivity contribution in [2.24, 2.45) is 0 Å². The molecular weight excluding hydrogens is 515 g/mol. The fraction of sp³-hybridized carbons (Fsp3) is 0.179. The predicted octanol–water partition coefficient (Wildman–Crippen LogP) is 6.25. The van der Waals surface area contributed by atoms with Crippen molar-refractivity contribution in [3.05, 3.63) is 92.5 Å². The molecule has 4 rings (SSSR count). The molecule has 0 aromatic heterocycles. The molecule has 4 amide bonds. The predicted molar refractivity (Wildman–Crippen MR) is 143 cm³/mol. The highest BCUT2D eigenvalue weighted by Crippen LogP contribution is 2.32. The van der Waals surface area contributed by atoms with E-state index in [0.29, 0.717) is 39.4 Å². The second-order valence-electron chi connectivity index (χ2n) is 8.47. The molecule has 0 atom stereocenters. The van der Waals surface area contributed by atoms with Crippen LogP contribution in [0.5, 0.6) is 11.5 Å². The molecule has 0 unspecified atom stereocenters. The number of aryl methyl sites for hydroxylation is 2. The number of anilines is 1. The van der Waals surface area contributed by atoms with Crippen LogP contribution in [0.1, 0.15) is 29.2 Å². The molecule has 1 heterocycles. The fourth-order valence-corrected chi connectivity index (χ4v) is 4.40. The number of imide groups is 2. The van der Waals surface area contributed by atoms with Crippen LogP contribution in [0.25, 0.3) is 6.08 Å². The van der Waals surface area contributed by atoms with Gasteiger partial charge in [-0.2, -0.15) is 0 Å². The van der Waals surface area contributed by atoms with Crippen LogP contribution in [0, 0.1) is 13.8 Å². The summed E-state index contributed by atoms with van der Waals surface area (Å²) in [7, 11) is 0. The van der Waals surface area contributed by atoms with Gasteiger partial charge in [0.2, 0.25) is 0 Å². The number of benzene rings is 3. The average Bonchev–Trinajstić information content (AvgIpc) is 2.81. The van der Waals surface area contributed by atoms with Gasteiger partial charge in [0.05, 0.1) is 12.3 Å². The minimum absolute atomic E-state index is 0.178. The Morgan fingerprint density at radius 2 is 1.62 bits per heavy atom. The van der Waals surface area contributed by atoms with Gasteiger partial charge in [0.1, 0.15) is 12.2 Å². The molecule has 9 heteroatoms. The largest absolute Gasteiger partial charge is 0.490 e. The van der Waals surface area contributed by atoms with Crippen LogP contribution in [0.2, 0.25) is 10.0 Å². The van der Waals surface area contributed by atoms with E-state index < -0.39 is 17.8 Å². The zero-order valence-electron chi connectivity index (χ0n) is 20.4. The van der Waals surface area contributed by atoms with E-state index in [4.69, 9.17) is 32.7 Å². The first-order chi connectivity index (χ1) is 17.7. The van der Waals surface area contributed by atoms with Crippen molar-refractivity contribution in [2.75, 3.05) is 11.5 Å². The first kappa shape index (κ1) is 26.3. The summed E-state index contributed by atoms with van der Waals surface area (Å²) in [6.45, 7) is 6.11. The minimum Gasteiger partial charge on any atom is -0.490 e. The van der Waals surface area contributed by atoms with Crippen molar-refractivity contribution >= 4 is 52.8 Å². The van der Waals surface area contributed by atoms with Gasteiger partial charge in [-0.15, -0.1) is 0 Å². The van der Waals surface area contributed by atoms with Crippen molar-refractivity contribution in [1.82, 2.24) is 5.32 Å². The Labute approximate surface area is 224 Å². The molecule has 1 fully saturated rings. The monoisotopic (exact) mass is 538 g/mol. The third kappa shape index (κ3) is 5.96. The lowest BCUT2D eigenvalue weighted by Gasteiger charge is -2.27. The second kappa shape index (κ2) is 11.1. The standard InChI is InChI=1S/C28H24Cl2N2O5/c1-4-36-25-13-18(5-8-24(25)37-15-19-6-7-20(29)14-23(19)30)12-22-26(33)31-28(35)32(27(22)34)21-10-16(2)9-17(3)11-21/h5-14H,4,15H2,1-3H3,(H,31,33,35)/b22-12-. The van der Waals surface area contributed by atoms with Gasteiger partial charge in [0.15, 0.2) is 11.5 Å². The maximum absolute atomic E-state index is 13.3. The molecule has 3 aromatic carbocycles. The molecular formula is C28H24Cl2N2O5. The molecule has 0 bridgehead atoms. The Kier molecular flexibility index (Phi) is 7.86. The highest BCUT2D eigenvalue weighted by molar-refractivity contribution is 6.39. The topological polar surface area (TPSA) is 84.9 Å². The third-order valence-electron chi connectivity index (χ3n) is 5.54. The molecule has 7 nitrogen and oxygen atoms in total. The van der Waals surface area contributed by atoms with Crippen LogP contribution in [-0.4, -0.2) is 24.5 Å². The molecule has 37 heavy (non-hydrogen) atoms. The summed E-state index contributed by atoms with van der Waals surface area (Å²) in [6.07, 6.45) is 1.42. The van der Waals surface area contributed by atoms with Crippen LogP contribution >= 0.6 is 23.2 Å². The average molecular weight is 539 g/mol. The maximum atomic E-state index is 13.3. The number of nitrogens with one attached hydrogen (secondary N) is 1. The number of amides is 4. The molecule has 0 spiro atoms. The zero-order chi connectivity index (χ0) is 26.7. The van der Waals surface area contributed by atoms with Gasteiger partial charge in [-0.25, -0.2) is 9.69 Å². The molecule has 0 radical (unpaired) electrons. The summed E-state index contributed by atoms with van der Waals surface area (Å²) in [6, 6.07) is 14.7. The van der Waals surface area contributed by atoms with E-state index >= 15 is 0 Å². The minimum atomic E-state index is -0.795. The third-order valence-corrected chi connectivity index (χ3v) is 6.13. The Bertz CT molecular complexity index is 1410. The first-order valence-corrected chi connectivity index (χ1v) is 12.2. The maximum Gasteiger partial charge on any atom is 0.335 e. The quantitative estimate of drug-likeness (QED) is 0.283. The van der Waals surface area contributed by atoms with Gasteiger partial charge < -0.3 is 9.47 Å². The second-order valence-corrected chi connectivity index (χ2v) is 9.31. The zero-order valence-corrected chi connectivity index (χ0v) is 21.9. The smallest absolute Gasteiger partial charge is 0.335 e. The lowest BCUT2D eigenvalue weighted by atomic mass is 10.0. The molecule has 190 valence electrons. The number of halogens is 2. The van der Waals surface area contributed by atoms with Crippen molar-refractivity contribution in [3.8, 4) is 11.5 Å². The summed E-state index contributed by atoms with van der Waals surface area (Å²) in [5, 5.41) is 3.26. The van der Waals surface area contributed by atoms with Gasteiger partial charge in [-0.1, -0.05) is 41.4 Å². The highest BCUT2D eigenvalue weighted by atomic mass is 35.5. The number of urea groups is 1. The van der Waals surface area contributed by atoms with Crippen LogP contribution < -0.4 is 19.7 Å². The molecule has 1 saturated heterocycles. The van der Waals surface area contributed by atoms with Crippen LogP contribution in [0.15, 0.2) is 60.2 Å². The van der Waals surface area contributed by atoms with Crippen molar-refractivity contribution < 1.29 is 23.9 Å². The lowest BCUT2D eigenvalue weighted by molar-refractivity contribution is -0.122. The summed E-state index contributed by atoms with van der Waals surface area (Å²) in [4.78, 5) is 39.4. The van der Waals surface area contributed by atoms with E-state index in [1.54, 1.807) is 48.5 Å². The van der Waals surface area contributed by atoms with E-state index in [1.165, 1.54) is 6.08 Å². The Hall–Kier alpha value is -3.81. The SMILES string of the molecule is CCOc1cc(/C=C2/C(=O)NC(=O)N(c3cc(C)cc(C)c3)C2=O)ccc1OCc1ccc(Cl)cc1Cl. The summed E-state index contributed by atoms with van der Waals surface area (Å²) in [5.41, 5.74) is 3.25. The number of carbonyl (C=O) groups excluding carboxylic acids is 3. The molecule has 3 aromatic rings. The molecule has 1 N–H and O–H groups in total. The highest BCUT2D eigenvalue weighted by Gasteiger charge is 2.37. The number of rotatable bonds is 7. The summed E-state index contributed by atoms with van der Waals surface area (Å²) in [5.74, 6) is -0.602. The number of barbiturate groups is 1. The van der Waals surface area contributed by atoms with E-state index in [0.717, 1.165) is 21.6 Å². The van der Waals surface area contributed by atoms with Crippen LogP contribution in [0.3, 0.4) is 0 Å². The summed E-state index contributed by atoms with van der Waals surface area (Å²) < 4.78 is 11.7. The van der Waals surface area contributed by atoms with Crippen molar-refractivity contribution in [1.29, 1.82) is 0 Å². The lowest BCUT2D eigenvalue weighted by Crippen LogP contribution is -2.54. The Morgan fingerprint density at radius 1 is 0.892 bits per heavy atom. The van der Waals surface area contributed by atoms with Gasteiger partial charge >= 0.3 is 6.03 Å². The molecule has 0 aliphatic carbocycles. The Balaban J connectivity index is 1.63. The number of hydrogen-bond acceptors (Lipinski definition) is 5. The summed E-state index contributed by atoms with van der Waals surface area (Å²) >= 11 is 12.2. The van der Waals surface area contributed by atoms with Crippen molar-refractivity contribution in [2.45, 2.75) is 27.4 Å². The van der Waals surface area contributed by atoms with Crippen molar-refractivity contribution in [3.63, 3.8) is 0 Å². The van der Waals surface area contributed by atoms with Gasteiger partial charge in [-0.3, -0.25) is 14.9 Å². The van der Waals surface area contributed by atoms with E-state index in [2.05, 4.69) is 5.32 Å². The first-order valence-electron chi connectivity index (χ1n) is 11.5. The van der Waals surface area contributed by atoms with E-state index in [-0.39, 0.29) is 12.2 Å².